The molecular formula is C17H36N2O. The van der Waals surface area contributed by atoms with E-state index in [9.17, 15) is 0 Å². The maximum atomic E-state index is 5.14. The fourth-order valence-corrected chi connectivity index (χ4v) is 2.80. The molecule has 0 aromatic rings. The zero-order valence-corrected chi connectivity index (χ0v) is 14.3. The quantitative estimate of drug-likeness (QED) is 0.605. The topological polar surface area (TPSA) is 15.7 Å². The molecule has 0 spiro atoms. The Balaban J connectivity index is 1.94. The molecule has 1 aliphatic heterocycles. The monoisotopic (exact) mass is 284 g/mol. The van der Waals surface area contributed by atoms with Crippen LogP contribution in [0.3, 0.4) is 0 Å². The van der Waals surface area contributed by atoms with Gasteiger partial charge in [-0.05, 0) is 24.8 Å². The normalized spacial score (nSPS) is 18.6. The zero-order valence-electron chi connectivity index (χ0n) is 14.3. The third kappa shape index (κ3) is 8.93. The molecule has 3 nitrogen and oxygen atoms in total. The first-order chi connectivity index (χ1) is 9.51. The summed E-state index contributed by atoms with van der Waals surface area (Å²) >= 11 is 0. The number of nitrogens with zero attached hydrogens (tertiary/aromatic N) is 2. The van der Waals surface area contributed by atoms with Crippen molar-refractivity contribution >= 4 is 0 Å². The summed E-state index contributed by atoms with van der Waals surface area (Å²) in [6.07, 6.45) is 6.95. The second-order valence-corrected chi connectivity index (χ2v) is 7.40. The van der Waals surface area contributed by atoms with Crippen LogP contribution in [0.15, 0.2) is 0 Å². The van der Waals surface area contributed by atoms with Crippen molar-refractivity contribution in [3.05, 3.63) is 0 Å². The van der Waals surface area contributed by atoms with Crippen LogP contribution in [0.4, 0.5) is 0 Å². The van der Waals surface area contributed by atoms with Crippen LogP contribution in [-0.4, -0.2) is 62.8 Å². The molecule has 0 radical (unpaired) electrons. The fraction of sp³-hybridized carbons (Fsp3) is 1.00. The summed E-state index contributed by atoms with van der Waals surface area (Å²) in [5, 5.41) is 0. The van der Waals surface area contributed by atoms with Gasteiger partial charge in [0.05, 0.1) is 6.61 Å². The van der Waals surface area contributed by atoms with Crippen LogP contribution in [0.5, 0.6) is 0 Å². The summed E-state index contributed by atoms with van der Waals surface area (Å²) in [6, 6.07) is 0. The predicted molar refractivity (Wildman–Crippen MR) is 87.3 cm³/mol. The van der Waals surface area contributed by atoms with Crippen molar-refractivity contribution < 1.29 is 4.74 Å². The summed E-state index contributed by atoms with van der Waals surface area (Å²) in [7, 11) is 1.79. The van der Waals surface area contributed by atoms with Gasteiger partial charge in [-0.2, -0.15) is 0 Å². The molecule has 0 N–H and O–H groups in total. The van der Waals surface area contributed by atoms with Crippen molar-refractivity contribution in [2.24, 2.45) is 5.41 Å². The van der Waals surface area contributed by atoms with Gasteiger partial charge in [-0.25, -0.2) is 0 Å². The van der Waals surface area contributed by atoms with Crippen LogP contribution in [0.25, 0.3) is 0 Å². The number of hydrogen-bond acceptors (Lipinski definition) is 3. The lowest BCUT2D eigenvalue weighted by molar-refractivity contribution is 0.0961. The summed E-state index contributed by atoms with van der Waals surface area (Å²) < 4.78 is 5.14. The Labute approximate surface area is 126 Å². The van der Waals surface area contributed by atoms with E-state index < -0.39 is 0 Å². The molecule has 0 aromatic heterocycles. The second kappa shape index (κ2) is 9.75. The van der Waals surface area contributed by atoms with E-state index in [0.29, 0.717) is 5.41 Å². The molecule has 1 fully saturated rings. The van der Waals surface area contributed by atoms with Gasteiger partial charge in [-0.15, -0.1) is 0 Å². The van der Waals surface area contributed by atoms with Crippen molar-refractivity contribution in [1.29, 1.82) is 0 Å². The smallest absolute Gasteiger partial charge is 0.0589 e. The summed E-state index contributed by atoms with van der Waals surface area (Å²) in [4.78, 5) is 5.15. The molecule has 0 aromatic carbocycles. The Hall–Kier alpha value is -0.120. The average molecular weight is 284 g/mol. The molecular weight excluding hydrogens is 248 g/mol. The van der Waals surface area contributed by atoms with Crippen LogP contribution in [0.2, 0.25) is 0 Å². The first-order valence-corrected chi connectivity index (χ1v) is 8.45. The third-order valence-corrected chi connectivity index (χ3v) is 4.23. The highest BCUT2D eigenvalue weighted by Gasteiger charge is 2.15. The Bertz CT molecular complexity index is 230. The van der Waals surface area contributed by atoms with Crippen LogP contribution in [0.1, 0.15) is 52.9 Å². The first kappa shape index (κ1) is 17.9. The van der Waals surface area contributed by atoms with E-state index in [4.69, 9.17) is 4.74 Å². The van der Waals surface area contributed by atoms with E-state index >= 15 is 0 Å². The van der Waals surface area contributed by atoms with Gasteiger partial charge in [0, 0.05) is 39.8 Å². The highest BCUT2D eigenvalue weighted by Crippen LogP contribution is 2.22. The van der Waals surface area contributed by atoms with E-state index in [1.807, 2.05) is 0 Å². The van der Waals surface area contributed by atoms with Crippen molar-refractivity contribution in [1.82, 2.24) is 9.80 Å². The van der Waals surface area contributed by atoms with Gasteiger partial charge in [0.1, 0.15) is 0 Å². The molecule has 0 aliphatic carbocycles. The molecule has 0 saturated carbocycles. The Morgan fingerprint density at radius 1 is 0.800 bits per heavy atom. The summed E-state index contributed by atoms with van der Waals surface area (Å²) in [5.41, 5.74) is 0.512. The molecule has 1 saturated heterocycles. The average Bonchev–Trinajstić information content (AvgIpc) is 2.40. The van der Waals surface area contributed by atoms with Gasteiger partial charge < -0.3 is 9.64 Å². The number of rotatable bonds is 9. The van der Waals surface area contributed by atoms with E-state index in [1.54, 1.807) is 7.11 Å². The molecule has 120 valence electrons. The molecule has 1 heterocycles. The number of piperazine rings is 1. The lowest BCUT2D eigenvalue weighted by Crippen LogP contribution is -2.47. The van der Waals surface area contributed by atoms with Gasteiger partial charge in [-0.3, -0.25) is 4.90 Å². The minimum atomic E-state index is 0.512. The second-order valence-electron chi connectivity index (χ2n) is 7.40. The fourth-order valence-electron chi connectivity index (χ4n) is 2.80. The van der Waals surface area contributed by atoms with Gasteiger partial charge in [0.25, 0.3) is 0 Å². The van der Waals surface area contributed by atoms with Crippen LogP contribution >= 0.6 is 0 Å². The van der Waals surface area contributed by atoms with Crippen LogP contribution < -0.4 is 0 Å². The van der Waals surface area contributed by atoms with Gasteiger partial charge in [0.2, 0.25) is 0 Å². The minimum Gasteiger partial charge on any atom is -0.383 e. The molecule has 0 atom stereocenters. The standard InChI is InChI=1S/C17H36N2O/c1-17(2,3)9-7-5-6-8-10-18-11-13-19(14-12-18)15-16-20-4/h5-16H2,1-4H3. The lowest BCUT2D eigenvalue weighted by atomic mass is 9.89. The predicted octanol–water partition coefficient (Wildman–Crippen LogP) is 3.25. The number of ether oxygens (including phenoxy) is 1. The number of methoxy groups -OCH3 is 1. The van der Waals surface area contributed by atoms with Crippen molar-refractivity contribution in [3.63, 3.8) is 0 Å². The summed E-state index contributed by atoms with van der Waals surface area (Å²) in [6.45, 7) is 15.2. The van der Waals surface area contributed by atoms with Crippen molar-refractivity contribution in [3.8, 4) is 0 Å². The first-order valence-electron chi connectivity index (χ1n) is 8.45. The van der Waals surface area contributed by atoms with E-state index in [1.165, 1.54) is 64.8 Å². The number of hydrogen-bond donors (Lipinski definition) is 0. The largest absolute Gasteiger partial charge is 0.383 e. The molecule has 20 heavy (non-hydrogen) atoms. The van der Waals surface area contributed by atoms with Gasteiger partial charge >= 0.3 is 0 Å². The highest BCUT2D eigenvalue weighted by atomic mass is 16.5. The van der Waals surface area contributed by atoms with Gasteiger partial charge in [0.15, 0.2) is 0 Å². The summed E-state index contributed by atoms with van der Waals surface area (Å²) in [5.74, 6) is 0. The maximum Gasteiger partial charge on any atom is 0.0589 e. The van der Waals surface area contributed by atoms with Crippen LogP contribution in [0, 0.1) is 5.41 Å². The molecule has 0 bridgehead atoms. The van der Waals surface area contributed by atoms with Gasteiger partial charge in [-0.1, -0.05) is 40.0 Å². The van der Waals surface area contributed by atoms with E-state index in [-0.39, 0.29) is 0 Å². The Morgan fingerprint density at radius 3 is 1.90 bits per heavy atom. The molecule has 1 rings (SSSR count). The van der Waals surface area contributed by atoms with E-state index in [2.05, 4.69) is 30.6 Å². The SMILES string of the molecule is COCCN1CCN(CCCCCCC(C)(C)C)CC1. The Kier molecular flexibility index (Phi) is 8.74. The number of unbranched alkanes of at least 4 members (excludes halogenated alkanes) is 3. The molecule has 0 amide bonds. The molecule has 0 unspecified atom stereocenters. The molecule has 1 aliphatic rings. The van der Waals surface area contributed by atoms with Crippen molar-refractivity contribution in [2.75, 3.05) is 53.0 Å². The van der Waals surface area contributed by atoms with E-state index in [0.717, 1.165) is 13.2 Å². The Morgan fingerprint density at radius 2 is 1.35 bits per heavy atom. The third-order valence-electron chi connectivity index (χ3n) is 4.23. The zero-order chi connectivity index (χ0) is 14.8. The highest BCUT2D eigenvalue weighted by molar-refractivity contribution is 4.71. The van der Waals surface area contributed by atoms with Crippen molar-refractivity contribution in [2.45, 2.75) is 52.9 Å². The molecule has 3 heteroatoms. The minimum absolute atomic E-state index is 0.512. The van der Waals surface area contributed by atoms with Crippen LogP contribution in [-0.2, 0) is 4.74 Å². The maximum absolute atomic E-state index is 5.14. The lowest BCUT2D eigenvalue weighted by Gasteiger charge is -2.34.